The average Bonchev–Trinajstić information content (AvgIpc) is 2.14. The molecule has 0 spiro atoms. The van der Waals surface area contributed by atoms with E-state index in [1.54, 1.807) is 5.32 Å². The van der Waals surface area contributed by atoms with Gasteiger partial charge in [0, 0.05) is 6.54 Å². The number of aliphatic carboxylic acids is 1. The number of carboxylic acid groups (broad SMARTS) is 1. The van der Waals surface area contributed by atoms with Crippen molar-refractivity contribution in [3.05, 3.63) is 0 Å². The zero-order chi connectivity index (χ0) is 12.8. The van der Waals surface area contributed by atoms with Gasteiger partial charge in [0.05, 0.1) is 0 Å². The molecule has 8 heteroatoms. The first-order valence-electron chi connectivity index (χ1n) is 4.51. The molecule has 0 aliphatic rings. The van der Waals surface area contributed by atoms with Gasteiger partial charge in [0.1, 0.15) is 0 Å². The quantitative estimate of drug-likeness (QED) is 0.585. The first-order chi connectivity index (χ1) is 7.25. The summed E-state index contributed by atoms with van der Waals surface area (Å²) in [6.07, 6.45) is -6.09. The van der Waals surface area contributed by atoms with Gasteiger partial charge in [-0.15, -0.1) is 0 Å². The lowest BCUT2D eigenvalue weighted by Gasteiger charge is -2.08. The van der Waals surface area contributed by atoms with Crippen molar-refractivity contribution in [1.82, 2.24) is 5.32 Å². The van der Waals surface area contributed by atoms with E-state index in [2.05, 4.69) is 0 Å². The topological polar surface area (TPSA) is 86.6 Å². The molecular weight excluding hydrogens is 231 g/mol. The largest absolute Gasteiger partial charge is 0.479 e. The Morgan fingerprint density at radius 2 is 1.81 bits per heavy atom. The number of nitrogens with one attached hydrogen (secondary N) is 1. The van der Waals surface area contributed by atoms with Crippen molar-refractivity contribution in [3.63, 3.8) is 0 Å². The van der Waals surface area contributed by atoms with Crippen LogP contribution in [0.3, 0.4) is 0 Å². The zero-order valence-electron chi connectivity index (χ0n) is 8.25. The summed E-state index contributed by atoms with van der Waals surface area (Å²) in [5.41, 5.74) is 0. The van der Waals surface area contributed by atoms with Gasteiger partial charge in [-0.25, -0.2) is 4.79 Å². The molecule has 0 aliphatic carbocycles. The van der Waals surface area contributed by atoms with Gasteiger partial charge in [0.2, 0.25) is 0 Å². The number of aliphatic hydroxyl groups is 1. The highest BCUT2D eigenvalue weighted by Crippen LogP contribution is 2.13. The van der Waals surface area contributed by atoms with Gasteiger partial charge in [-0.1, -0.05) is 0 Å². The number of hydrogen-bond acceptors (Lipinski definition) is 3. The number of amides is 1. The van der Waals surface area contributed by atoms with Crippen molar-refractivity contribution in [2.24, 2.45) is 0 Å². The summed E-state index contributed by atoms with van der Waals surface area (Å²) in [6, 6.07) is 0. The molecular formula is C8H12F3NO4. The van der Waals surface area contributed by atoms with Crippen molar-refractivity contribution in [3.8, 4) is 0 Å². The normalized spacial score (nSPS) is 13.2. The molecule has 0 unspecified atom stereocenters. The Morgan fingerprint density at radius 3 is 2.25 bits per heavy atom. The first kappa shape index (κ1) is 14.7. The summed E-state index contributed by atoms with van der Waals surface area (Å²) in [5, 5.41) is 18.7. The van der Waals surface area contributed by atoms with Gasteiger partial charge in [-0.05, 0) is 19.3 Å². The third-order valence-electron chi connectivity index (χ3n) is 1.73. The Kier molecular flexibility index (Phi) is 5.79. The molecule has 94 valence electrons. The van der Waals surface area contributed by atoms with Crippen LogP contribution in [0.1, 0.15) is 19.3 Å². The smallest absolute Gasteiger partial charge is 0.471 e. The van der Waals surface area contributed by atoms with Gasteiger partial charge in [-0.2, -0.15) is 13.2 Å². The Labute approximate surface area is 89.3 Å². The number of alkyl halides is 3. The molecule has 0 radical (unpaired) electrons. The molecule has 0 bridgehead atoms. The fraction of sp³-hybridized carbons (Fsp3) is 0.750. The van der Waals surface area contributed by atoms with E-state index in [1.165, 1.54) is 0 Å². The molecule has 0 rings (SSSR count). The van der Waals surface area contributed by atoms with Crippen LogP contribution in [0, 0.1) is 0 Å². The second-order valence-electron chi connectivity index (χ2n) is 3.10. The van der Waals surface area contributed by atoms with E-state index in [-0.39, 0.29) is 25.8 Å². The van der Waals surface area contributed by atoms with E-state index in [0.29, 0.717) is 0 Å². The van der Waals surface area contributed by atoms with E-state index < -0.39 is 24.2 Å². The fourth-order valence-electron chi connectivity index (χ4n) is 0.888. The highest BCUT2D eigenvalue weighted by atomic mass is 19.4. The predicted molar refractivity (Wildman–Crippen MR) is 46.6 cm³/mol. The van der Waals surface area contributed by atoms with Crippen LogP contribution in [0.5, 0.6) is 0 Å². The van der Waals surface area contributed by atoms with Crippen molar-refractivity contribution >= 4 is 11.9 Å². The molecule has 16 heavy (non-hydrogen) atoms. The molecule has 0 aromatic carbocycles. The predicted octanol–water partition coefficient (Wildman–Crippen LogP) is 0.281. The minimum Gasteiger partial charge on any atom is -0.479 e. The van der Waals surface area contributed by atoms with E-state index >= 15 is 0 Å². The number of carbonyl (C=O) groups is 2. The molecule has 5 nitrogen and oxygen atoms in total. The summed E-state index contributed by atoms with van der Waals surface area (Å²) >= 11 is 0. The molecule has 0 aromatic rings. The maximum Gasteiger partial charge on any atom is 0.471 e. The number of carbonyl (C=O) groups excluding carboxylic acids is 1. The summed E-state index contributed by atoms with van der Waals surface area (Å²) in [6.45, 7) is -0.204. The molecule has 0 saturated heterocycles. The van der Waals surface area contributed by atoms with Gasteiger partial charge < -0.3 is 15.5 Å². The van der Waals surface area contributed by atoms with E-state index in [9.17, 15) is 22.8 Å². The highest BCUT2D eigenvalue weighted by molar-refractivity contribution is 5.81. The lowest BCUT2D eigenvalue weighted by molar-refractivity contribution is -0.173. The fourth-order valence-corrected chi connectivity index (χ4v) is 0.888. The number of unbranched alkanes of at least 4 members (excludes halogenated alkanes) is 1. The molecule has 0 aliphatic heterocycles. The third kappa shape index (κ3) is 6.23. The average molecular weight is 243 g/mol. The summed E-state index contributed by atoms with van der Waals surface area (Å²) in [5.74, 6) is -3.40. The van der Waals surface area contributed by atoms with Crippen molar-refractivity contribution in [1.29, 1.82) is 0 Å². The maximum absolute atomic E-state index is 11.7. The Hall–Kier alpha value is -1.31. The Bertz CT molecular complexity index is 254. The maximum atomic E-state index is 11.7. The summed E-state index contributed by atoms with van der Waals surface area (Å²) < 4.78 is 35.0. The molecule has 1 atom stereocenters. The number of aliphatic hydroxyl groups excluding tert-OH is 1. The summed E-state index contributed by atoms with van der Waals surface area (Å²) in [7, 11) is 0. The van der Waals surface area contributed by atoms with Crippen LogP contribution in [0.2, 0.25) is 0 Å². The second-order valence-corrected chi connectivity index (χ2v) is 3.10. The van der Waals surface area contributed by atoms with Crippen LogP contribution in [0.15, 0.2) is 0 Å². The minimum absolute atomic E-state index is 0.0583. The monoisotopic (exact) mass is 243 g/mol. The molecule has 0 heterocycles. The molecule has 3 N–H and O–H groups in total. The summed E-state index contributed by atoms with van der Waals surface area (Å²) in [4.78, 5) is 20.4. The lowest BCUT2D eigenvalue weighted by atomic mass is 10.1. The van der Waals surface area contributed by atoms with Crippen molar-refractivity contribution < 1.29 is 33.0 Å². The van der Waals surface area contributed by atoms with Crippen LogP contribution in [-0.4, -0.2) is 40.9 Å². The van der Waals surface area contributed by atoms with Gasteiger partial charge >= 0.3 is 18.1 Å². The SMILES string of the molecule is O=C(O)[C@@H](O)CCCCNC(=O)C(F)(F)F. The Morgan fingerprint density at radius 1 is 1.25 bits per heavy atom. The zero-order valence-corrected chi connectivity index (χ0v) is 8.25. The molecule has 0 fully saturated rings. The van der Waals surface area contributed by atoms with Gasteiger partial charge in [-0.3, -0.25) is 4.79 Å². The number of rotatable bonds is 6. The van der Waals surface area contributed by atoms with E-state index in [0.717, 1.165) is 0 Å². The number of hydrogen-bond donors (Lipinski definition) is 3. The molecule has 1 amide bonds. The van der Waals surface area contributed by atoms with Crippen LogP contribution in [0.4, 0.5) is 13.2 Å². The Balaban J connectivity index is 3.55. The first-order valence-corrected chi connectivity index (χ1v) is 4.51. The van der Waals surface area contributed by atoms with Crippen LogP contribution < -0.4 is 5.32 Å². The van der Waals surface area contributed by atoms with Crippen LogP contribution in [-0.2, 0) is 9.59 Å². The second kappa shape index (κ2) is 6.31. The van der Waals surface area contributed by atoms with Gasteiger partial charge in [0.25, 0.3) is 0 Å². The highest BCUT2D eigenvalue weighted by Gasteiger charge is 2.38. The number of halogens is 3. The number of carboxylic acids is 1. The lowest BCUT2D eigenvalue weighted by Crippen LogP contribution is -2.37. The molecule has 0 aromatic heterocycles. The third-order valence-corrected chi connectivity index (χ3v) is 1.73. The molecule has 0 saturated carbocycles. The van der Waals surface area contributed by atoms with Crippen molar-refractivity contribution in [2.75, 3.05) is 6.54 Å². The van der Waals surface area contributed by atoms with Gasteiger partial charge in [0.15, 0.2) is 6.10 Å². The minimum atomic E-state index is -4.90. The standard InChI is InChI=1S/C8H12F3NO4/c9-8(10,11)7(16)12-4-2-1-3-5(13)6(14)15/h5,13H,1-4H2,(H,12,16)(H,14,15)/t5-/m0/s1. The van der Waals surface area contributed by atoms with Crippen molar-refractivity contribution in [2.45, 2.75) is 31.5 Å². The van der Waals surface area contributed by atoms with Crippen LogP contribution in [0.25, 0.3) is 0 Å². The van der Waals surface area contributed by atoms with E-state index in [4.69, 9.17) is 10.2 Å². The van der Waals surface area contributed by atoms with E-state index in [1.807, 2.05) is 0 Å². The van der Waals surface area contributed by atoms with Crippen LogP contribution >= 0.6 is 0 Å².